The number of benzene rings is 1. The standard InChI is InChI=1S/C12H14FNO2/c13-10-3-1-2-4-11(10)14-12(15)9-5-7-16-8-6-9/h1-4,9H,5-8H2,(H,14,15). The molecule has 1 fully saturated rings. The number of anilines is 1. The molecule has 0 saturated carbocycles. The first-order chi connectivity index (χ1) is 7.77. The molecule has 1 aromatic carbocycles. The van der Waals surface area contributed by atoms with Crippen molar-refractivity contribution in [3.8, 4) is 0 Å². The number of hydrogen-bond donors (Lipinski definition) is 1. The molecule has 1 heterocycles. The molecular weight excluding hydrogens is 209 g/mol. The number of amides is 1. The summed E-state index contributed by atoms with van der Waals surface area (Å²) in [6, 6.07) is 6.19. The van der Waals surface area contributed by atoms with Gasteiger partial charge in [0.15, 0.2) is 0 Å². The minimum atomic E-state index is -0.400. The Bertz CT molecular complexity index is 375. The average molecular weight is 223 g/mol. The number of nitrogens with one attached hydrogen (secondary N) is 1. The molecule has 1 aromatic rings. The second-order valence-corrected chi connectivity index (χ2v) is 3.86. The highest BCUT2D eigenvalue weighted by atomic mass is 19.1. The Labute approximate surface area is 93.6 Å². The van der Waals surface area contributed by atoms with Gasteiger partial charge in [0.25, 0.3) is 0 Å². The molecule has 1 aliphatic heterocycles. The summed E-state index contributed by atoms with van der Waals surface area (Å²) in [5.74, 6) is -0.579. The Hall–Kier alpha value is -1.42. The van der Waals surface area contributed by atoms with Crippen LogP contribution in [0.25, 0.3) is 0 Å². The van der Waals surface area contributed by atoms with E-state index in [9.17, 15) is 9.18 Å². The lowest BCUT2D eigenvalue weighted by molar-refractivity contribution is -0.122. The molecule has 0 radical (unpaired) electrons. The van der Waals surface area contributed by atoms with Crippen molar-refractivity contribution in [2.75, 3.05) is 18.5 Å². The van der Waals surface area contributed by atoms with Gasteiger partial charge in [-0.25, -0.2) is 4.39 Å². The molecule has 1 saturated heterocycles. The van der Waals surface area contributed by atoms with Gasteiger partial charge in [-0.15, -0.1) is 0 Å². The molecule has 0 bridgehead atoms. The molecule has 1 amide bonds. The Balaban J connectivity index is 1.99. The van der Waals surface area contributed by atoms with Crippen LogP contribution in [0.15, 0.2) is 24.3 Å². The fraction of sp³-hybridized carbons (Fsp3) is 0.417. The molecule has 4 heteroatoms. The van der Waals surface area contributed by atoms with E-state index < -0.39 is 5.82 Å². The normalized spacial score (nSPS) is 17.1. The van der Waals surface area contributed by atoms with E-state index in [1.807, 2.05) is 0 Å². The van der Waals surface area contributed by atoms with Crippen LogP contribution >= 0.6 is 0 Å². The number of hydrogen-bond acceptors (Lipinski definition) is 2. The Kier molecular flexibility index (Phi) is 3.51. The third kappa shape index (κ3) is 2.58. The predicted molar refractivity (Wildman–Crippen MR) is 58.6 cm³/mol. The summed E-state index contributed by atoms with van der Waals surface area (Å²) in [6.45, 7) is 1.21. The van der Waals surface area contributed by atoms with Gasteiger partial charge in [-0.3, -0.25) is 4.79 Å². The first-order valence-corrected chi connectivity index (χ1v) is 5.40. The highest BCUT2D eigenvalue weighted by Crippen LogP contribution is 2.19. The van der Waals surface area contributed by atoms with E-state index in [0.29, 0.717) is 26.1 Å². The third-order valence-electron chi connectivity index (χ3n) is 2.72. The van der Waals surface area contributed by atoms with Gasteiger partial charge in [-0.05, 0) is 25.0 Å². The average Bonchev–Trinajstić information content (AvgIpc) is 2.33. The Morgan fingerprint density at radius 2 is 2.00 bits per heavy atom. The van der Waals surface area contributed by atoms with Gasteiger partial charge in [-0.1, -0.05) is 12.1 Å². The smallest absolute Gasteiger partial charge is 0.227 e. The lowest BCUT2D eigenvalue weighted by Crippen LogP contribution is -2.28. The van der Waals surface area contributed by atoms with E-state index in [0.717, 1.165) is 0 Å². The van der Waals surface area contributed by atoms with Crippen molar-refractivity contribution >= 4 is 11.6 Å². The lowest BCUT2D eigenvalue weighted by atomic mass is 9.99. The van der Waals surface area contributed by atoms with Crippen molar-refractivity contribution in [2.24, 2.45) is 5.92 Å². The highest BCUT2D eigenvalue weighted by molar-refractivity contribution is 5.92. The molecule has 0 unspecified atom stereocenters. The number of ether oxygens (including phenoxy) is 1. The minimum absolute atomic E-state index is 0.0617. The monoisotopic (exact) mass is 223 g/mol. The fourth-order valence-electron chi connectivity index (χ4n) is 1.76. The number of carbonyl (C=O) groups excluding carboxylic acids is 1. The van der Waals surface area contributed by atoms with Gasteiger partial charge >= 0.3 is 0 Å². The summed E-state index contributed by atoms with van der Waals surface area (Å²) in [4.78, 5) is 11.8. The van der Waals surface area contributed by atoms with Gasteiger partial charge in [0.05, 0.1) is 5.69 Å². The summed E-state index contributed by atoms with van der Waals surface area (Å²) in [7, 11) is 0. The molecule has 86 valence electrons. The zero-order chi connectivity index (χ0) is 11.4. The van der Waals surface area contributed by atoms with Crippen LogP contribution < -0.4 is 5.32 Å². The van der Waals surface area contributed by atoms with Crippen LogP contribution in [0, 0.1) is 11.7 Å². The summed E-state index contributed by atoms with van der Waals surface area (Å²) < 4.78 is 18.4. The maximum Gasteiger partial charge on any atom is 0.227 e. The van der Waals surface area contributed by atoms with Crippen LogP contribution in [0.5, 0.6) is 0 Å². The number of carbonyl (C=O) groups is 1. The molecule has 0 atom stereocenters. The van der Waals surface area contributed by atoms with Crippen molar-refractivity contribution < 1.29 is 13.9 Å². The molecule has 16 heavy (non-hydrogen) atoms. The molecule has 0 aliphatic carbocycles. The predicted octanol–water partition coefficient (Wildman–Crippen LogP) is 2.19. The van der Waals surface area contributed by atoms with Crippen molar-refractivity contribution in [2.45, 2.75) is 12.8 Å². The van der Waals surface area contributed by atoms with Crippen molar-refractivity contribution in [3.63, 3.8) is 0 Å². The van der Waals surface area contributed by atoms with Gasteiger partial charge < -0.3 is 10.1 Å². The molecule has 0 aromatic heterocycles. The van der Waals surface area contributed by atoms with Crippen LogP contribution in [-0.4, -0.2) is 19.1 Å². The minimum Gasteiger partial charge on any atom is -0.381 e. The molecule has 0 spiro atoms. The fourth-order valence-corrected chi connectivity index (χ4v) is 1.76. The number of halogens is 1. The van der Waals surface area contributed by atoms with Crippen LogP contribution in [0.2, 0.25) is 0 Å². The van der Waals surface area contributed by atoms with Crippen LogP contribution in [0.1, 0.15) is 12.8 Å². The van der Waals surface area contributed by atoms with Gasteiger partial charge in [0, 0.05) is 19.1 Å². The van der Waals surface area contributed by atoms with Crippen LogP contribution in [-0.2, 0) is 9.53 Å². The molecule has 1 N–H and O–H groups in total. The van der Waals surface area contributed by atoms with E-state index in [-0.39, 0.29) is 17.5 Å². The lowest BCUT2D eigenvalue weighted by Gasteiger charge is -2.21. The van der Waals surface area contributed by atoms with Gasteiger partial charge in [0.1, 0.15) is 5.82 Å². The van der Waals surface area contributed by atoms with E-state index in [4.69, 9.17) is 4.74 Å². The second kappa shape index (κ2) is 5.07. The van der Waals surface area contributed by atoms with E-state index in [2.05, 4.69) is 5.32 Å². The SMILES string of the molecule is O=C(Nc1ccccc1F)C1CCOCC1. The second-order valence-electron chi connectivity index (χ2n) is 3.86. The molecule has 2 rings (SSSR count). The van der Waals surface area contributed by atoms with Gasteiger partial charge in [0.2, 0.25) is 5.91 Å². The summed E-state index contributed by atoms with van der Waals surface area (Å²) in [5, 5.41) is 2.61. The molecule has 3 nitrogen and oxygen atoms in total. The summed E-state index contributed by atoms with van der Waals surface area (Å²) in [6.07, 6.45) is 1.42. The van der Waals surface area contributed by atoms with Crippen molar-refractivity contribution in [3.05, 3.63) is 30.1 Å². The maximum absolute atomic E-state index is 13.3. The quantitative estimate of drug-likeness (QED) is 0.834. The highest BCUT2D eigenvalue weighted by Gasteiger charge is 2.22. The van der Waals surface area contributed by atoms with Crippen molar-refractivity contribution in [1.82, 2.24) is 0 Å². The first-order valence-electron chi connectivity index (χ1n) is 5.40. The van der Waals surface area contributed by atoms with Crippen LogP contribution in [0.4, 0.5) is 10.1 Å². The van der Waals surface area contributed by atoms with E-state index in [1.54, 1.807) is 18.2 Å². The Morgan fingerprint density at radius 1 is 1.31 bits per heavy atom. The third-order valence-corrected chi connectivity index (χ3v) is 2.72. The Morgan fingerprint density at radius 3 is 2.69 bits per heavy atom. The van der Waals surface area contributed by atoms with E-state index in [1.165, 1.54) is 6.07 Å². The number of para-hydroxylation sites is 1. The van der Waals surface area contributed by atoms with Crippen molar-refractivity contribution in [1.29, 1.82) is 0 Å². The summed E-state index contributed by atoms with van der Waals surface area (Å²) >= 11 is 0. The summed E-state index contributed by atoms with van der Waals surface area (Å²) in [5.41, 5.74) is 0.249. The first kappa shape index (κ1) is 11.1. The molecule has 1 aliphatic rings. The van der Waals surface area contributed by atoms with Crippen LogP contribution in [0.3, 0.4) is 0 Å². The van der Waals surface area contributed by atoms with Gasteiger partial charge in [-0.2, -0.15) is 0 Å². The maximum atomic E-state index is 13.3. The molecular formula is C12H14FNO2. The topological polar surface area (TPSA) is 38.3 Å². The zero-order valence-electron chi connectivity index (χ0n) is 8.91. The number of rotatable bonds is 2. The largest absolute Gasteiger partial charge is 0.381 e. The zero-order valence-corrected chi connectivity index (χ0v) is 8.91. The van der Waals surface area contributed by atoms with E-state index >= 15 is 0 Å².